The molecule has 0 saturated heterocycles. The number of anilines is 1. The van der Waals surface area contributed by atoms with E-state index in [0.29, 0.717) is 0 Å². The summed E-state index contributed by atoms with van der Waals surface area (Å²) in [5.74, 6) is 0.0337. The predicted molar refractivity (Wildman–Crippen MR) is 64.7 cm³/mol. The molecular weight excluding hydrogens is 240 g/mol. The fourth-order valence-electron chi connectivity index (χ4n) is 1.94. The van der Waals surface area contributed by atoms with Gasteiger partial charge >= 0.3 is 0 Å². The fraction of sp³-hybridized carbons (Fsp3) is 0.500. The summed E-state index contributed by atoms with van der Waals surface area (Å²) in [6, 6.07) is -0.0562. The Morgan fingerprint density at radius 2 is 2.29 bits per heavy atom. The highest BCUT2D eigenvalue weighted by Gasteiger charge is 2.25. The third-order valence-electron chi connectivity index (χ3n) is 2.75. The topological polar surface area (TPSA) is 90.0 Å². The van der Waals surface area contributed by atoms with Crippen LogP contribution in [0, 0.1) is 0 Å². The maximum absolute atomic E-state index is 12.1. The molecule has 1 aromatic heterocycles. The van der Waals surface area contributed by atoms with Gasteiger partial charge in [-0.1, -0.05) is 12.2 Å². The molecule has 7 heteroatoms. The van der Waals surface area contributed by atoms with Gasteiger partial charge in [-0.15, -0.1) is 0 Å². The van der Waals surface area contributed by atoms with Crippen molar-refractivity contribution >= 4 is 15.8 Å². The highest BCUT2D eigenvalue weighted by atomic mass is 32.2. The molecule has 0 saturated carbocycles. The molecule has 17 heavy (non-hydrogen) atoms. The molecule has 0 aromatic carbocycles. The first-order valence-corrected chi connectivity index (χ1v) is 6.93. The van der Waals surface area contributed by atoms with E-state index < -0.39 is 10.0 Å². The van der Waals surface area contributed by atoms with Crippen molar-refractivity contribution in [2.24, 2.45) is 7.05 Å². The van der Waals surface area contributed by atoms with Crippen LogP contribution in [0.1, 0.15) is 19.3 Å². The molecule has 1 atom stereocenters. The summed E-state index contributed by atoms with van der Waals surface area (Å²) in [5, 5.41) is 0.0343. The standard InChI is InChI=1S/C10H16N4O2S/c1-14-7-12-9(11)10(14)17(15,16)13-8-5-3-2-4-6-8/h2-3,7-8,13H,4-6,11H2,1H3. The summed E-state index contributed by atoms with van der Waals surface area (Å²) < 4.78 is 28.3. The highest BCUT2D eigenvalue weighted by molar-refractivity contribution is 7.89. The third-order valence-corrected chi connectivity index (χ3v) is 4.40. The second-order valence-electron chi connectivity index (χ2n) is 4.15. The molecule has 3 N–H and O–H groups in total. The number of imidazole rings is 1. The van der Waals surface area contributed by atoms with Crippen molar-refractivity contribution in [1.82, 2.24) is 14.3 Å². The summed E-state index contributed by atoms with van der Waals surface area (Å²) in [6.45, 7) is 0. The van der Waals surface area contributed by atoms with Crippen molar-refractivity contribution in [3.63, 3.8) is 0 Å². The second kappa shape index (κ2) is 4.50. The number of hydrogen-bond acceptors (Lipinski definition) is 4. The van der Waals surface area contributed by atoms with Gasteiger partial charge in [0, 0.05) is 13.1 Å². The fourth-order valence-corrected chi connectivity index (χ4v) is 3.46. The van der Waals surface area contributed by atoms with Crippen LogP contribution in [-0.2, 0) is 17.1 Å². The monoisotopic (exact) mass is 256 g/mol. The zero-order valence-corrected chi connectivity index (χ0v) is 10.4. The maximum atomic E-state index is 12.1. The summed E-state index contributed by atoms with van der Waals surface area (Å²) in [6.07, 6.45) is 7.87. The van der Waals surface area contributed by atoms with E-state index in [2.05, 4.69) is 15.8 Å². The summed E-state index contributed by atoms with van der Waals surface area (Å²) in [4.78, 5) is 3.78. The number of rotatable bonds is 3. The van der Waals surface area contributed by atoms with Gasteiger partial charge in [-0.3, -0.25) is 0 Å². The van der Waals surface area contributed by atoms with Gasteiger partial charge in [0.25, 0.3) is 10.0 Å². The first kappa shape index (κ1) is 12.1. The number of aryl methyl sites for hydroxylation is 1. The van der Waals surface area contributed by atoms with Crippen molar-refractivity contribution in [3.8, 4) is 0 Å². The van der Waals surface area contributed by atoms with E-state index in [1.807, 2.05) is 6.08 Å². The Morgan fingerprint density at radius 1 is 1.53 bits per heavy atom. The second-order valence-corrected chi connectivity index (χ2v) is 5.78. The lowest BCUT2D eigenvalue weighted by Crippen LogP contribution is -2.36. The van der Waals surface area contributed by atoms with Crippen LogP contribution in [0.3, 0.4) is 0 Å². The molecule has 1 aromatic rings. The van der Waals surface area contributed by atoms with Gasteiger partial charge in [-0.25, -0.2) is 18.1 Å². The highest BCUT2D eigenvalue weighted by Crippen LogP contribution is 2.18. The van der Waals surface area contributed by atoms with Crippen LogP contribution in [0.15, 0.2) is 23.5 Å². The van der Waals surface area contributed by atoms with Crippen LogP contribution in [-0.4, -0.2) is 24.0 Å². The largest absolute Gasteiger partial charge is 0.381 e. The molecule has 1 heterocycles. The number of nitrogens with two attached hydrogens (primary N) is 1. The van der Waals surface area contributed by atoms with Crippen molar-refractivity contribution in [2.75, 3.05) is 5.73 Å². The average molecular weight is 256 g/mol. The van der Waals surface area contributed by atoms with Crippen LogP contribution >= 0.6 is 0 Å². The maximum Gasteiger partial charge on any atom is 0.260 e. The van der Waals surface area contributed by atoms with Crippen LogP contribution in [0.25, 0.3) is 0 Å². The molecule has 0 aliphatic heterocycles. The quantitative estimate of drug-likeness (QED) is 0.765. The Kier molecular flexibility index (Phi) is 3.21. The first-order chi connectivity index (χ1) is 8.00. The van der Waals surface area contributed by atoms with Gasteiger partial charge in [0.15, 0.2) is 10.8 Å². The molecular formula is C10H16N4O2S. The number of sulfonamides is 1. The number of nitrogens with zero attached hydrogens (tertiary/aromatic N) is 2. The van der Waals surface area contributed by atoms with E-state index in [9.17, 15) is 8.42 Å². The van der Waals surface area contributed by atoms with E-state index in [4.69, 9.17) is 5.73 Å². The molecule has 0 amide bonds. The molecule has 1 unspecified atom stereocenters. The number of nitrogens with one attached hydrogen (secondary N) is 1. The minimum atomic E-state index is -3.59. The first-order valence-electron chi connectivity index (χ1n) is 5.45. The van der Waals surface area contributed by atoms with Gasteiger partial charge in [0.05, 0.1) is 6.33 Å². The van der Waals surface area contributed by atoms with E-state index in [1.165, 1.54) is 10.9 Å². The number of hydrogen-bond donors (Lipinski definition) is 2. The molecule has 0 spiro atoms. The smallest absolute Gasteiger partial charge is 0.260 e. The zero-order chi connectivity index (χ0) is 12.5. The lowest BCUT2D eigenvalue weighted by atomic mass is 10.0. The lowest BCUT2D eigenvalue weighted by Gasteiger charge is -2.19. The van der Waals surface area contributed by atoms with Gasteiger partial charge in [0.1, 0.15) is 0 Å². The van der Waals surface area contributed by atoms with Crippen LogP contribution in [0.5, 0.6) is 0 Å². The van der Waals surface area contributed by atoms with Crippen LogP contribution in [0.2, 0.25) is 0 Å². The van der Waals surface area contributed by atoms with E-state index in [0.717, 1.165) is 19.3 Å². The van der Waals surface area contributed by atoms with Crippen LogP contribution in [0.4, 0.5) is 5.82 Å². The Morgan fingerprint density at radius 3 is 2.82 bits per heavy atom. The average Bonchev–Trinajstić information content (AvgIpc) is 2.59. The Labute approximate surface area is 101 Å². The molecule has 6 nitrogen and oxygen atoms in total. The molecule has 1 aliphatic rings. The normalized spacial score (nSPS) is 20.6. The van der Waals surface area contributed by atoms with Gasteiger partial charge in [-0.2, -0.15) is 0 Å². The van der Waals surface area contributed by atoms with Gasteiger partial charge in [-0.05, 0) is 19.3 Å². The van der Waals surface area contributed by atoms with Crippen molar-refractivity contribution in [2.45, 2.75) is 30.3 Å². The van der Waals surface area contributed by atoms with Gasteiger partial charge in [0.2, 0.25) is 0 Å². The van der Waals surface area contributed by atoms with E-state index in [1.54, 1.807) is 7.05 Å². The Bertz CT molecular complexity index is 513. The molecule has 0 bridgehead atoms. The summed E-state index contributed by atoms with van der Waals surface area (Å²) >= 11 is 0. The minimum absolute atomic E-state index is 0.0337. The van der Waals surface area contributed by atoms with Crippen molar-refractivity contribution in [3.05, 3.63) is 18.5 Å². The molecule has 0 radical (unpaired) electrons. The lowest BCUT2D eigenvalue weighted by molar-refractivity contribution is 0.517. The van der Waals surface area contributed by atoms with Gasteiger partial charge < -0.3 is 10.3 Å². The minimum Gasteiger partial charge on any atom is -0.381 e. The summed E-state index contributed by atoms with van der Waals surface area (Å²) in [5.41, 5.74) is 5.57. The Hall–Kier alpha value is -1.34. The molecule has 94 valence electrons. The predicted octanol–water partition coefficient (Wildman–Crippen LogP) is 0.389. The third kappa shape index (κ3) is 2.50. The zero-order valence-electron chi connectivity index (χ0n) is 9.63. The number of aromatic nitrogens is 2. The Balaban J connectivity index is 2.22. The van der Waals surface area contributed by atoms with E-state index >= 15 is 0 Å². The number of nitrogen functional groups attached to an aromatic ring is 1. The van der Waals surface area contributed by atoms with Crippen molar-refractivity contribution in [1.29, 1.82) is 0 Å². The summed E-state index contributed by atoms with van der Waals surface area (Å²) in [7, 11) is -1.98. The van der Waals surface area contributed by atoms with Crippen LogP contribution < -0.4 is 10.5 Å². The number of allylic oxidation sites excluding steroid dienone is 1. The molecule has 0 fully saturated rings. The SMILES string of the molecule is Cn1cnc(N)c1S(=O)(=O)NC1CC=CCC1. The van der Waals surface area contributed by atoms with E-state index in [-0.39, 0.29) is 16.9 Å². The molecule has 1 aliphatic carbocycles. The molecule has 2 rings (SSSR count). The van der Waals surface area contributed by atoms with Crippen molar-refractivity contribution < 1.29 is 8.42 Å².